The van der Waals surface area contributed by atoms with E-state index in [9.17, 15) is 4.79 Å². The zero-order chi connectivity index (χ0) is 18.3. The summed E-state index contributed by atoms with van der Waals surface area (Å²) in [7, 11) is 0. The highest BCUT2D eigenvalue weighted by atomic mass is 32.2. The molecule has 0 fully saturated rings. The first-order valence-electron chi connectivity index (χ1n) is 8.37. The Bertz CT molecular complexity index is 964. The summed E-state index contributed by atoms with van der Waals surface area (Å²) in [6.07, 6.45) is 2.47. The van der Waals surface area contributed by atoms with Gasteiger partial charge >= 0.3 is 0 Å². The largest absolute Gasteiger partial charge is 0.469 e. The highest BCUT2D eigenvalue weighted by Crippen LogP contribution is 2.32. The number of thioether (sulfide) groups is 1. The predicted octanol–water partition coefficient (Wildman–Crippen LogP) is 2.63. The van der Waals surface area contributed by atoms with Crippen molar-refractivity contribution in [2.45, 2.75) is 30.7 Å². The highest BCUT2D eigenvalue weighted by molar-refractivity contribution is 8.00. The molecule has 1 amide bonds. The number of para-hydroxylation sites is 1. The molecule has 1 unspecified atom stereocenters. The third-order valence-corrected chi connectivity index (χ3v) is 5.59. The number of amides is 1. The number of fused-ring (bicyclic) bond motifs is 1. The van der Waals surface area contributed by atoms with Crippen LogP contribution in [0.1, 0.15) is 18.2 Å². The van der Waals surface area contributed by atoms with Crippen LogP contribution in [0.25, 0.3) is 11.4 Å². The number of hydrogen-bond acceptors (Lipinski definition) is 6. The summed E-state index contributed by atoms with van der Waals surface area (Å²) in [5.74, 6) is 7.43. The number of anilines is 1. The molecule has 0 bridgehead atoms. The molecule has 8 heteroatoms. The van der Waals surface area contributed by atoms with E-state index in [1.54, 1.807) is 12.3 Å². The normalized spacial score (nSPS) is 14.5. The van der Waals surface area contributed by atoms with E-state index in [0.29, 0.717) is 17.5 Å². The first kappa shape index (κ1) is 16.7. The molecule has 0 saturated carbocycles. The molecule has 1 atom stereocenters. The van der Waals surface area contributed by atoms with Gasteiger partial charge in [0.05, 0.1) is 17.1 Å². The predicted molar refractivity (Wildman–Crippen MR) is 100 cm³/mol. The van der Waals surface area contributed by atoms with Crippen LogP contribution in [0.15, 0.2) is 46.2 Å². The molecular weight excluding hydrogens is 350 g/mol. The van der Waals surface area contributed by atoms with Crippen LogP contribution in [-0.4, -0.2) is 32.6 Å². The zero-order valence-corrected chi connectivity index (χ0v) is 15.4. The highest BCUT2D eigenvalue weighted by Gasteiger charge is 2.29. The number of rotatable bonds is 4. The number of aromatic nitrogens is 3. The molecule has 2 aromatic heterocycles. The Morgan fingerprint density at radius 1 is 1.31 bits per heavy atom. The van der Waals surface area contributed by atoms with E-state index in [0.717, 1.165) is 23.4 Å². The van der Waals surface area contributed by atoms with E-state index < -0.39 is 0 Å². The van der Waals surface area contributed by atoms with Crippen LogP contribution >= 0.6 is 11.8 Å². The van der Waals surface area contributed by atoms with Crippen molar-refractivity contribution in [2.75, 3.05) is 17.3 Å². The third-order valence-electron chi connectivity index (χ3n) is 4.55. The van der Waals surface area contributed by atoms with Gasteiger partial charge < -0.3 is 15.2 Å². The van der Waals surface area contributed by atoms with Gasteiger partial charge in [0, 0.05) is 12.2 Å². The summed E-state index contributed by atoms with van der Waals surface area (Å²) in [6, 6.07) is 9.81. The van der Waals surface area contributed by atoms with Gasteiger partial charge in [-0.1, -0.05) is 30.0 Å². The van der Waals surface area contributed by atoms with E-state index in [4.69, 9.17) is 10.3 Å². The topological polar surface area (TPSA) is 90.2 Å². The fraction of sp³-hybridized carbons (Fsp3) is 0.278. The number of carbonyl (C=O) groups excluding carboxylic acids is 1. The van der Waals surface area contributed by atoms with Crippen molar-refractivity contribution < 1.29 is 9.21 Å². The quantitative estimate of drug-likeness (QED) is 0.562. The SMILES string of the molecule is Cc1occc1-c1nnc(SC(C)C(=O)N2CCc3ccccc32)n1N. The van der Waals surface area contributed by atoms with Gasteiger partial charge in [-0.15, -0.1) is 10.2 Å². The van der Waals surface area contributed by atoms with Crippen molar-refractivity contribution in [2.24, 2.45) is 0 Å². The number of benzene rings is 1. The van der Waals surface area contributed by atoms with Crippen molar-refractivity contribution >= 4 is 23.4 Å². The molecule has 134 valence electrons. The minimum Gasteiger partial charge on any atom is -0.469 e. The molecule has 26 heavy (non-hydrogen) atoms. The van der Waals surface area contributed by atoms with E-state index in [1.165, 1.54) is 22.0 Å². The smallest absolute Gasteiger partial charge is 0.240 e. The second-order valence-electron chi connectivity index (χ2n) is 6.20. The fourth-order valence-electron chi connectivity index (χ4n) is 3.15. The maximum Gasteiger partial charge on any atom is 0.240 e. The molecule has 0 radical (unpaired) electrons. The van der Waals surface area contributed by atoms with Crippen LogP contribution in [0.5, 0.6) is 0 Å². The van der Waals surface area contributed by atoms with E-state index in [1.807, 2.05) is 36.9 Å². The van der Waals surface area contributed by atoms with Crippen LogP contribution in [0, 0.1) is 6.92 Å². The standard InChI is InChI=1S/C18H19N5O2S/c1-11-14(8-10-25-11)16-20-21-18(23(16)19)26-12(2)17(24)22-9-7-13-5-3-4-6-15(13)22/h3-6,8,10,12H,7,9,19H2,1-2H3. The number of hydrogen-bond donors (Lipinski definition) is 1. The summed E-state index contributed by atoms with van der Waals surface area (Å²) < 4.78 is 6.71. The van der Waals surface area contributed by atoms with Gasteiger partial charge in [0.1, 0.15) is 5.76 Å². The Balaban J connectivity index is 1.52. The number of nitrogens with zero attached hydrogens (tertiary/aromatic N) is 4. The summed E-state index contributed by atoms with van der Waals surface area (Å²) >= 11 is 1.31. The first-order valence-corrected chi connectivity index (χ1v) is 9.25. The number of furan rings is 1. The minimum atomic E-state index is -0.328. The van der Waals surface area contributed by atoms with E-state index in [-0.39, 0.29) is 11.2 Å². The van der Waals surface area contributed by atoms with Gasteiger partial charge in [0.25, 0.3) is 0 Å². The molecule has 7 nitrogen and oxygen atoms in total. The average molecular weight is 369 g/mol. The summed E-state index contributed by atoms with van der Waals surface area (Å²) in [5, 5.41) is 8.46. The third kappa shape index (κ3) is 2.76. The number of aryl methyl sites for hydroxylation is 1. The number of carbonyl (C=O) groups is 1. The van der Waals surface area contributed by atoms with Crippen molar-refractivity contribution in [3.63, 3.8) is 0 Å². The van der Waals surface area contributed by atoms with Crippen LogP contribution in [-0.2, 0) is 11.2 Å². The minimum absolute atomic E-state index is 0.0454. The monoisotopic (exact) mass is 369 g/mol. The Morgan fingerprint density at radius 2 is 2.12 bits per heavy atom. The summed E-state index contributed by atoms with van der Waals surface area (Å²) in [6.45, 7) is 4.41. The fourth-order valence-corrected chi connectivity index (χ4v) is 3.99. The van der Waals surface area contributed by atoms with E-state index in [2.05, 4.69) is 16.3 Å². The first-order chi connectivity index (χ1) is 12.6. The Hall–Kier alpha value is -2.74. The maximum atomic E-state index is 12.9. The van der Waals surface area contributed by atoms with Crippen molar-refractivity contribution in [3.8, 4) is 11.4 Å². The molecule has 0 aliphatic carbocycles. The van der Waals surface area contributed by atoms with Gasteiger partial charge in [0.2, 0.25) is 11.1 Å². The lowest BCUT2D eigenvalue weighted by Crippen LogP contribution is -2.35. The Morgan fingerprint density at radius 3 is 2.88 bits per heavy atom. The second-order valence-corrected chi connectivity index (χ2v) is 7.50. The van der Waals surface area contributed by atoms with Gasteiger partial charge in [0.15, 0.2) is 5.82 Å². The zero-order valence-electron chi connectivity index (χ0n) is 14.5. The maximum absolute atomic E-state index is 12.9. The van der Waals surface area contributed by atoms with Gasteiger partial charge in [-0.2, -0.15) is 0 Å². The van der Waals surface area contributed by atoms with Gasteiger partial charge in [-0.3, -0.25) is 4.79 Å². The van der Waals surface area contributed by atoms with Crippen LogP contribution < -0.4 is 10.7 Å². The second kappa shape index (κ2) is 6.53. The average Bonchev–Trinajstić information content (AvgIpc) is 3.34. The lowest BCUT2D eigenvalue weighted by molar-refractivity contribution is -0.117. The molecule has 0 spiro atoms. The summed E-state index contributed by atoms with van der Waals surface area (Å²) in [4.78, 5) is 14.7. The molecule has 1 aliphatic rings. The molecule has 3 aromatic rings. The van der Waals surface area contributed by atoms with Crippen molar-refractivity contribution in [3.05, 3.63) is 47.9 Å². The number of nitrogen functional groups attached to an aromatic ring is 1. The van der Waals surface area contributed by atoms with Gasteiger partial charge in [-0.25, -0.2) is 4.68 Å². The molecule has 3 heterocycles. The van der Waals surface area contributed by atoms with Gasteiger partial charge in [-0.05, 0) is 38.0 Å². The number of nitrogens with two attached hydrogens (primary N) is 1. The van der Waals surface area contributed by atoms with E-state index >= 15 is 0 Å². The van der Waals surface area contributed by atoms with Crippen LogP contribution in [0.3, 0.4) is 0 Å². The van der Waals surface area contributed by atoms with Crippen molar-refractivity contribution in [1.82, 2.24) is 14.9 Å². The molecule has 1 aromatic carbocycles. The molecular formula is C18H19N5O2S. The molecule has 0 saturated heterocycles. The summed E-state index contributed by atoms with van der Waals surface area (Å²) in [5.41, 5.74) is 2.99. The Kier molecular flexibility index (Phi) is 4.20. The van der Waals surface area contributed by atoms with Crippen LogP contribution in [0.2, 0.25) is 0 Å². The lowest BCUT2D eigenvalue weighted by Gasteiger charge is -2.21. The van der Waals surface area contributed by atoms with Crippen molar-refractivity contribution in [1.29, 1.82) is 0 Å². The molecule has 1 aliphatic heterocycles. The molecule has 4 rings (SSSR count). The lowest BCUT2D eigenvalue weighted by atomic mass is 10.2. The van der Waals surface area contributed by atoms with Crippen LogP contribution in [0.4, 0.5) is 5.69 Å². The molecule has 2 N–H and O–H groups in total. The Labute approximate surface area is 155 Å².